The third kappa shape index (κ3) is 6.78. The lowest BCUT2D eigenvalue weighted by Gasteiger charge is -2.20. The van der Waals surface area contributed by atoms with Gasteiger partial charge in [-0.05, 0) is 44.1 Å². The number of likely N-dealkylation sites (N-methyl/N-ethyl adjacent to an activating group) is 2. The number of carbonyl (C=O) groups is 4. The first-order chi connectivity index (χ1) is 24.0. The molecule has 15 nitrogen and oxygen atoms in total. The Hall–Kier alpha value is -5.28. The van der Waals surface area contributed by atoms with E-state index in [2.05, 4.69) is 10.3 Å². The molecule has 4 aromatic rings. The number of carbonyl (C=O) groups excluding carboxylic acids is 4. The van der Waals surface area contributed by atoms with E-state index in [1.54, 1.807) is 29.8 Å². The lowest BCUT2D eigenvalue weighted by atomic mass is 10.0. The molecule has 0 aliphatic carbocycles. The number of nitrogens with one attached hydrogen (secondary N) is 1. The number of nitrogens with zero attached hydrogens (tertiary/aromatic N) is 5. The fraction of sp³-hybridized carbons (Fsp3) is 0.429. The van der Waals surface area contributed by atoms with E-state index in [4.69, 9.17) is 14.2 Å². The van der Waals surface area contributed by atoms with Crippen LogP contribution in [0.4, 0.5) is 4.79 Å². The SMILES string of the molecule is CC1CC(=O)N(CCCC(=O)NCCN(C)C(=O)Oc2cc3c(=O)n(CCN(C)C)c4c5cc6c(cc5ncc4c3cc2CO)OCO6)C1=O. The van der Waals surface area contributed by atoms with Crippen molar-refractivity contribution in [2.24, 2.45) is 5.92 Å². The first-order valence-corrected chi connectivity index (χ1v) is 16.5. The molecule has 2 aliphatic heterocycles. The predicted molar refractivity (Wildman–Crippen MR) is 183 cm³/mol. The number of likely N-dealkylation sites (tertiary alicyclic amines) is 1. The molecule has 50 heavy (non-hydrogen) atoms. The van der Waals surface area contributed by atoms with E-state index < -0.39 is 12.7 Å². The van der Waals surface area contributed by atoms with Crippen molar-refractivity contribution < 1.29 is 38.5 Å². The minimum absolute atomic E-state index is 0.0361. The zero-order chi connectivity index (χ0) is 35.7. The topological polar surface area (TPSA) is 173 Å². The summed E-state index contributed by atoms with van der Waals surface area (Å²) in [5, 5.41) is 15.3. The van der Waals surface area contributed by atoms with Crippen LogP contribution in [0.5, 0.6) is 17.2 Å². The standard InChI is InChI=1S/C35H40N6O9/c1-20-12-31(44)40(33(20)45)8-5-6-30(43)36-7-9-39(4)35(47)50-27-14-23-22(13-21(27)18-42)25-17-37-26-16-29-28(48-19-49-29)15-24(26)32(25)41(34(23)46)11-10-38(2)3/h13-17,20,42H,5-12,18-19H2,1-4H3,(H,36,43). The van der Waals surface area contributed by atoms with E-state index in [1.807, 2.05) is 25.1 Å². The van der Waals surface area contributed by atoms with Crippen LogP contribution in [-0.4, -0.2) is 107 Å². The second-order valence-electron chi connectivity index (χ2n) is 12.9. The molecule has 1 atom stereocenters. The van der Waals surface area contributed by atoms with Gasteiger partial charge in [0.1, 0.15) is 5.75 Å². The van der Waals surface area contributed by atoms with E-state index in [9.17, 15) is 29.1 Å². The smallest absolute Gasteiger partial charge is 0.415 e. The van der Waals surface area contributed by atoms with E-state index in [0.29, 0.717) is 69.2 Å². The maximum absolute atomic E-state index is 14.2. The summed E-state index contributed by atoms with van der Waals surface area (Å²) in [6.07, 6.45) is 1.60. The highest BCUT2D eigenvalue weighted by atomic mass is 16.7. The average Bonchev–Trinajstić information content (AvgIpc) is 3.64. The average molecular weight is 689 g/mol. The lowest BCUT2D eigenvalue weighted by molar-refractivity contribution is -0.139. The van der Waals surface area contributed by atoms with Crippen LogP contribution >= 0.6 is 0 Å². The number of pyridine rings is 2. The number of hydrogen-bond acceptors (Lipinski definition) is 11. The van der Waals surface area contributed by atoms with Gasteiger partial charge in [0.25, 0.3) is 5.56 Å². The van der Waals surface area contributed by atoms with Crippen molar-refractivity contribution in [2.45, 2.75) is 39.3 Å². The third-order valence-corrected chi connectivity index (χ3v) is 9.04. The summed E-state index contributed by atoms with van der Waals surface area (Å²) in [5.74, 6) is 0.135. The molecule has 0 spiro atoms. The zero-order valence-electron chi connectivity index (χ0n) is 28.5. The van der Waals surface area contributed by atoms with Crippen LogP contribution in [0, 0.1) is 5.92 Å². The van der Waals surface area contributed by atoms with Crippen molar-refractivity contribution in [3.05, 3.63) is 46.4 Å². The number of amides is 4. The quantitative estimate of drug-likeness (QED) is 0.165. The number of fused-ring (bicyclic) bond motifs is 6. The van der Waals surface area contributed by atoms with Gasteiger partial charge in [-0.1, -0.05) is 6.92 Å². The summed E-state index contributed by atoms with van der Waals surface area (Å²) in [4.78, 5) is 72.7. The van der Waals surface area contributed by atoms with Gasteiger partial charge in [-0.25, -0.2) is 4.79 Å². The fourth-order valence-electron chi connectivity index (χ4n) is 6.25. The molecule has 2 aliphatic rings. The number of rotatable bonds is 12. The van der Waals surface area contributed by atoms with E-state index in [-0.39, 0.29) is 74.2 Å². The molecular weight excluding hydrogens is 648 g/mol. The number of hydrogen-bond donors (Lipinski definition) is 2. The molecule has 4 heterocycles. The number of aliphatic hydroxyl groups excluding tert-OH is 1. The molecule has 264 valence electrons. The highest BCUT2D eigenvalue weighted by Crippen LogP contribution is 2.39. The number of aromatic nitrogens is 2. The van der Waals surface area contributed by atoms with E-state index in [1.165, 1.54) is 22.9 Å². The van der Waals surface area contributed by atoms with Crippen molar-refractivity contribution in [1.82, 2.24) is 29.6 Å². The normalized spacial score (nSPS) is 15.6. The molecular formula is C35H40N6O9. The highest BCUT2D eigenvalue weighted by Gasteiger charge is 2.35. The van der Waals surface area contributed by atoms with Crippen LogP contribution in [0.2, 0.25) is 0 Å². The maximum atomic E-state index is 14.2. The van der Waals surface area contributed by atoms with Crippen molar-refractivity contribution in [1.29, 1.82) is 0 Å². The second kappa shape index (κ2) is 14.3. The van der Waals surface area contributed by atoms with E-state index >= 15 is 0 Å². The maximum Gasteiger partial charge on any atom is 0.415 e. The Kier molecular flexibility index (Phi) is 9.88. The Morgan fingerprint density at radius 1 is 1.00 bits per heavy atom. The molecule has 0 bridgehead atoms. The van der Waals surface area contributed by atoms with Crippen molar-refractivity contribution in [3.8, 4) is 17.2 Å². The molecule has 6 rings (SSSR count). The van der Waals surface area contributed by atoms with Gasteiger partial charge in [0.15, 0.2) is 11.5 Å². The Morgan fingerprint density at radius 3 is 2.46 bits per heavy atom. The van der Waals surface area contributed by atoms with E-state index in [0.717, 1.165) is 0 Å². The summed E-state index contributed by atoms with van der Waals surface area (Å²) in [7, 11) is 5.34. The summed E-state index contributed by atoms with van der Waals surface area (Å²) < 4.78 is 18.5. The zero-order valence-corrected chi connectivity index (χ0v) is 28.5. The number of ether oxygens (including phenoxy) is 3. The van der Waals surface area contributed by atoms with Crippen LogP contribution in [0.3, 0.4) is 0 Å². The van der Waals surface area contributed by atoms with Gasteiger partial charge in [-0.15, -0.1) is 0 Å². The van der Waals surface area contributed by atoms with Gasteiger partial charge in [0.05, 0.1) is 23.0 Å². The fourth-order valence-corrected chi connectivity index (χ4v) is 6.25. The second-order valence-corrected chi connectivity index (χ2v) is 12.9. The third-order valence-electron chi connectivity index (χ3n) is 9.04. The largest absolute Gasteiger partial charge is 0.454 e. The lowest BCUT2D eigenvalue weighted by Crippen LogP contribution is -2.38. The van der Waals surface area contributed by atoms with Gasteiger partial charge >= 0.3 is 6.09 Å². The number of benzene rings is 2. The molecule has 1 saturated heterocycles. The first-order valence-electron chi connectivity index (χ1n) is 16.5. The van der Waals surface area contributed by atoms with Crippen molar-refractivity contribution in [2.75, 3.05) is 54.1 Å². The molecule has 1 fully saturated rings. The van der Waals surface area contributed by atoms with Crippen LogP contribution < -0.4 is 25.1 Å². The van der Waals surface area contributed by atoms with Crippen LogP contribution in [0.1, 0.15) is 31.7 Å². The van der Waals surface area contributed by atoms with Crippen molar-refractivity contribution in [3.63, 3.8) is 0 Å². The summed E-state index contributed by atoms with van der Waals surface area (Å²) in [6, 6.07) is 6.73. The molecule has 15 heteroatoms. The number of aliphatic hydroxyl groups is 1. The van der Waals surface area contributed by atoms with Gasteiger partial charge < -0.3 is 39.0 Å². The van der Waals surface area contributed by atoms with Gasteiger partial charge in [-0.3, -0.25) is 29.1 Å². The molecule has 2 N–H and O–H groups in total. The Labute approximate surface area is 287 Å². The van der Waals surface area contributed by atoms with Crippen LogP contribution in [-0.2, 0) is 27.5 Å². The van der Waals surface area contributed by atoms with Gasteiger partial charge in [-0.2, -0.15) is 0 Å². The molecule has 2 aromatic heterocycles. The molecule has 1 unspecified atom stereocenters. The van der Waals surface area contributed by atoms with Gasteiger partial charge in [0, 0.05) is 87.1 Å². The monoisotopic (exact) mass is 688 g/mol. The molecule has 4 amide bonds. The molecule has 0 radical (unpaired) electrons. The summed E-state index contributed by atoms with van der Waals surface area (Å²) >= 11 is 0. The van der Waals surface area contributed by atoms with Crippen molar-refractivity contribution >= 4 is 56.4 Å². The Bertz CT molecular complexity index is 2080. The summed E-state index contributed by atoms with van der Waals surface area (Å²) in [5.41, 5.74) is 1.30. The highest BCUT2D eigenvalue weighted by molar-refractivity contribution is 6.15. The number of imide groups is 1. The first kappa shape index (κ1) is 34.6. The minimum atomic E-state index is -0.745. The van der Waals surface area contributed by atoms with Crippen LogP contribution in [0.25, 0.3) is 32.6 Å². The molecule has 0 saturated carbocycles. The van der Waals surface area contributed by atoms with Crippen LogP contribution in [0.15, 0.2) is 35.3 Å². The molecule has 2 aromatic carbocycles. The Morgan fingerprint density at radius 2 is 1.76 bits per heavy atom. The Balaban J connectivity index is 1.19. The van der Waals surface area contributed by atoms with Gasteiger partial charge in [0.2, 0.25) is 24.5 Å². The summed E-state index contributed by atoms with van der Waals surface area (Å²) in [6.45, 7) is 2.73. The minimum Gasteiger partial charge on any atom is -0.454 e. The predicted octanol–water partition coefficient (Wildman–Crippen LogP) is 2.21.